The van der Waals surface area contributed by atoms with Gasteiger partial charge in [-0.1, -0.05) is 25.5 Å². The first kappa shape index (κ1) is 13.6. The fourth-order valence-electron chi connectivity index (χ4n) is 2.17. The number of imidazole rings is 1. The normalized spacial score (nSPS) is 10.9. The summed E-state index contributed by atoms with van der Waals surface area (Å²) in [6.45, 7) is 5.26. The Kier molecular flexibility index (Phi) is 4.20. The van der Waals surface area contributed by atoms with Gasteiger partial charge in [-0.15, -0.1) is 0 Å². The summed E-state index contributed by atoms with van der Waals surface area (Å²) in [6.07, 6.45) is 2.15. The van der Waals surface area contributed by atoms with Crippen LogP contribution in [0, 0.1) is 6.92 Å². The number of rotatable bonds is 5. The Morgan fingerprint density at radius 1 is 1.37 bits per heavy atom. The molecule has 1 aromatic heterocycles. The first-order chi connectivity index (χ1) is 9.13. The maximum absolute atomic E-state index is 12.2. The molecule has 102 valence electrons. The summed E-state index contributed by atoms with van der Waals surface area (Å²) in [5.41, 5.74) is 1.97. The summed E-state index contributed by atoms with van der Waals surface area (Å²) in [6, 6.07) is 7.93. The molecule has 19 heavy (non-hydrogen) atoms. The van der Waals surface area contributed by atoms with E-state index in [0.29, 0.717) is 6.54 Å². The minimum Gasteiger partial charge on any atom is -0.344 e. The van der Waals surface area contributed by atoms with E-state index >= 15 is 0 Å². The number of para-hydroxylation sites is 2. The average molecular weight is 259 g/mol. The van der Waals surface area contributed by atoms with Crippen LogP contribution >= 0.6 is 0 Å². The molecule has 4 nitrogen and oxygen atoms in total. The van der Waals surface area contributed by atoms with Crippen molar-refractivity contribution < 1.29 is 4.79 Å². The molecule has 0 aliphatic rings. The van der Waals surface area contributed by atoms with Crippen LogP contribution in [0.25, 0.3) is 11.0 Å². The number of fused-ring (bicyclic) bond motifs is 1. The summed E-state index contributed by atoms with van der Waals surface area (Å²) >= 11 is 0. The molecular weight excluding hydrogens is 238 g/mol. The monoisotopic (exact) mass is 259 g/mol. The SMILES string of the molecule is CCCCN(C)C(=O)Cn1c(C)nc2ccccc21. The lowest BCUT2D eigenvalue weighted by Gasteiger charge is -2.17. The molecule has 0 bridgehead atoms. The first-order valence-corrected chi connectivity index (χ1v) is 6.79. The second-order valence-electron chi connectivity index (χ2n) is 4.90. The van der Waals surface area contributed by atoms with Crippen molar-refractivity contribution in [2.24, 2.45) is 0 Å². The smallest absolute Gasteiger partial charge is 0.242 e. The number of carbonyl (C=O) groups is 1. The molecule has 0 unspecified atom stereocenters. The molecule has 2 aromatic rings. The molecule has 0 spiro atoms. The number of hydrogen-bond donors (Lipinski definition) is 0. The van der Waals surface area contributed by atoms with Crippen molar-refractivity contribution >= 4 is 16.9 Å². The predicted molar refractivity (Wildman–Crippen MR) is 77.0 cm³/mol. The van der Waals surface area contributed by atoms with E-state index in [0.717, 1.165) is 36.2 Å². The molecule has 0 N–H and O–H groups in total. The Labute approximate surface area is 114 Å². The van der Waals surface area contributed by atoms with Gasteiger partial charge in [0, 0.05) is 13.6 Å². The Hall–Kier alpha value is -1.84. The molecule has 0 saturated carbocycles. The predicted octanol–water partition coefficient (Wildman–Crippen LogP) is 2.60. The minimum absolute atomic E-state index is 0.139. The maximum atomic E-state index is 12.2. The van der Waals surface area contributed by atoms with Gasteiger partial charge in [0.1, 0.15) is 12.4 Å². The van der Waals surface area contributed by atoms with Crippen LogP contribution in [0.2, 0.25) is 0 Å². The molecule has 0 radical (unpaired) electrons. The zero-order valence-electron chi connectivity index (χ0n) is 11.9. The van der Waals surface area contributed by atoms with E-state index in [1.165, 1.54) is 0 Å². The van der Waals surface area contributed by atoms with E-state index in [1.54, 1.807) is 4.90 Å². The van der Waals surface area contributed by atoms with Gasteiger partial charge in [-0.3, -0.25) is 4.79 Å². The number of hydrogen-bond acceptors (Lipinski definition) is 2. The molecule has 1 heterocycles. The van der Waals surface area contributed by atoms with Crippen molar-refractivity contribution in [2.75, 3.05) is 13.6 Å². The quantitative estimate of drug-likeness (QED) is 0.827. The highest BCUT2D eigenvalue weighted by Crippen LogP contribution is 2.15. The molecule has 0 aliphatic carbocycles. The van der Waals surface area contributed by atoms with E-state index in [1.807, 2.05) is 42.8 Å². The van der Waals surface area contributed by atoms with Crippen LogP contribution in [0.5, 0.6) is 0 Å². The van der Waals surface area contributed by atoms with Crippen LogP contribution < -0.4 is 0 Å². The molecule has 1 aromatic carbocycles. The number of carbonyl (C=O) groups excluding carboxylic acids is 1. The van der Waals surface area contributed by atoms with E-state index in [-0.39, 0.29) is 5.91 Å². The van der Waals surface area contributed by atoms with E-state index in [2.05, 4.69) is 11.9 Å². The van der Waals surface area contributed by atoms with Crippen molar-refractivity contribution in [3.05, 3.63) is 30.1 Å². The molecule has 0 saturated heterocycles. The standard InChI is InChI=1S/C15H21N3O/c1-4-5-10-17(3)15(19)11-18-12(2)16-13-8-6-7-9-14(13)18/h6-9H,4-5,10-11H2,1-3H3. The Morgan fingerprint density at radius 2 is 2.11 bits per heavy atom. The summed E-state index contributed by atoms with van der Waals surface area (Å²) in [5.74, 6) is 1.03. The van der Waals surface area contributed by atoms with Gasteiger partial charge in [0.15, 0.2) is 0 Å². The molecule has 1 amide bonds. The minimum atomic E-state index is 0.139. The number of amides is 1. The number of aromatic nitrogens is 2. The van der Waals surface area contributed by atoms with Gasteiger partial charge >= 0.3 is 0 Å². The first-order valence-electron chi connectivity index (χ1n) is 6.79. The van der Waals surface area contributed by atoms with Crippen LogP contribution in [-0.4, -0.2) is 34.0 Å². The average Bonchev–Trinajstić information content (AvgIpc) is 2.72. The van der Waals surface area contributed by atoms with Gasteiger partial charge in [0.05, 0.1) is 11.0 Å². The summed E-state index contributed by atoms with van der Waals surface area (Å²) in [5, 5.41) is 0. The highest BCUT2D eigenvalue weighted by molar-refractivity contribution is 5.81. The number of aryl methyl sites for hydroxylation is 1. The van der Waals surface area contributed by atoms with Crippen molar-refractivity contribution in [3.8, 4) is 0 Å². The van der Waals surface area contributed by atoms with Crippen molar-refractivity contribution in [2.45, 2.75) is 33.2 Å². The Bertz CT molecular complexity index is 574. The van der Waals surface area contributed by atoms with E-state index in [4.69, 9.17) is 0 Å². The Balaban J connectivity index is 2.17. The Morgan fingerprint density at radius 3 is 2.84 bits per heavy atom. The third-order valence-electron chi connectivity index (χ3n) is 3.41. The lowest BCUT2D eigenvalue weighted by molar-refractivity contribution is -0.130. The highest BCUT2D eigenvalue weighted by Gasteiger charge is 2.13. The van der Waals surface area contributed by atoms with Gasteiger partial charge in [0.25, 0.3) is 0 Å². The summed E-state index contributed by atoms with van der Waals surface area (Å²) in [4.78, 5) is 18.5. The topological polar surface area (TPSA) is 38.1 Å². The van der Waals surface area contributed by atoms with E-state index < -0.39 is 0 Å². The van der Waals surface area contributed by atoms with Crippen LogP contribution in [0.15, 0.2) is 24.3 Å². The largest absolute Gasteiger partial charge is 0.344 e. The number of unbranched alkanes of at least 4 members (excludes halogenated alkanes) is 1. The second-order valence-corrected chi connectivity index (χ2v) is 4.90. The van der Waals surface area contributed by atoms with Crippen LogP contribution in [-0.2, 0) is 11.3 Å². The van der Waals surface area contributed by atoms with Gasteiger partial charge < -0.3 is 9.47 Å². The number of likely N-dealkylation sites (N-methyl/N-ethyl adjacent to an activating group) is 1. The molecule has 4 heteroatoms. The van der Waals surface area contributed by atoms with Gasteiger partial charge in [-0.25, -0.2) is 4.98 Å². The molecule has 0 aliphatic heterocycles. The highest BCUT2D eigenvalue weighted by atomic mass is 16.2. The van der Waals surface area contributed by atoms with Crippen molar-refractivity contribution in [1.29, 1.82) is 0 Å². The molecule has 0 atom stereocenters. The number of benzene rings is 1. The lowest BCUT2D eigenvalue weighted by atomic mass is 10.3. The van der Waals surface area contributed by atoms with Crippen molar-refractivity contribution in [1.82, 2.24) is 14.5 Å². The third kappa shape index (κ3) is 2.95. The van der Waals surface area contributed by atoms with Crippen LogP contribution in [0.4, 0.5) is 0 Å². The van der Waals surface area contributed by atoms with Gasteiger partial charge in [0.2, 0.25) is 5.91 Å². The summed E-state index contributed by atoms with van der Waals surface area (Å²) < 4.78 is 1.99. The fourth-order valence-corrected chi connectivity index (χ4v) is 2.17. The van der Waals surface area contributed by atoms with E-state index in [9.17, 15) is 4.79 Å². The third-order valence-corrected chi connectivity index (χ3v) is 3.41. The van der Waals surface area contributed by atoms with Crippen molar-refractivity contribution in [3.63, 3.8) is 0 Å². The fraction of sp³-hybridized carbons (Fsp3) is 0.467. The molecule has 2 rings (SSSR count). The van der Waals surface area contributed by atoms with Gasteiger partial charge in [-0.2, -0.15) is 0 Å². The molecular formula is C15H21N3O. The second kappa shape index (κ2) is 5.87. The number of nitrogens with zero attached hydrogens (tertiary/aromatic N) is 3. The van der Waals surface area contributed by atoms with Crippen LogP contribution in [0.1, 0.15) is 25.6 Å². The lowest BCUT2D eigenvalue weighted by Crippen LogP contribution is -2.31. The van der Waals surface area contributed by atoms with Crippen LogP contribution in [0.3, 0.4) is 0 Å². The van der Waals surface area contributed by atoms with Gasteiger partial charge in [-0.05, 0) is 25.5 Å². The maximum Gasteiger partial charge on any atom is 0.242 e. The zero-order chi connectivity index (χ0) is 13.8. The zero-order valence-corrected chi connectivity index (χ0v) is 11.9. The summed E-state index contributed by atoms with van der Waals surface area (Å²) in [7, 11) is 1.87. The molecule has 0 fully saturated rings.